The quantitative estimate of drug-likeness (QED) is 0.535. The van der Waals surface area contributed by atoms with Crippen LogP contribution >= 0.6 is 28.3 Å². The van der Waals surface area contributed by atoms with Gasteiger partial charge in [-0.05, 0) is 41.3 Å². The minimum atomic E-state index is -0.107. The van der Waals surface area contributed by atoms with Crippen LogP contribution in [-0.4, -0.2) is 31.1 Å². The number of nitrogens with zero attached hydrogens (tertiary/aromatic N) is 1. The van der Waals surface area contributed by atoms with Gasteiger partial charge in [-0.25, -0.2) is 4.39 Å². The molecule has 0 aromatic heterocycles. The first-order valence-corrected chi connectivity index (χ1v) is 8.53. The van der Waals surface area contributed by atoms with Gasteiger partial charge in [-0.2, -0.15) is 0 Å². The van der Waals surface area contributed by atoms with Crippen LogP contribution in [0.5, 0.6) is 0 Å². The molecule has 1 aliphatic heterocycles. The third kappa shape index (κ3) is 5.34. The molecule has 0 spiro atoms. The Hall–Kier alpha value is -0.420. The number of halogens is 3. The second kappa shape index (κ2) is 10.4. The number of hydrogen-bond acceptors (Lipinski definition) is 2. The van der Waals surface area contributed by atoms with Gasteiger partial charge in [0.25, 0.3) is 0 Å². The van der Waals surface area contributed by atoms with Crippen molar-refractivity contribution < 1.29 is 4.39 Å². The van der Waals surface area contributed by atoms with E-state index in [0.29, 0.717) is 4.47 Å². The van der Waals surface area contributed by atoms with Crippen molar-refractivity contribution in [2.24, 2.45) is 0 Å². The van der Waals surface area contributed by atoms with Crippen LogP contribution in [0.4, 0.5) is 4.39 Å². The highest BCUT2D eigenvalue weighted by molar-refractivity contribution is 9.10. The molecular formula is C17H25BrClFN2. The highest BCUT2D eigenvalue weighted by Crippen LogP contribution is 2.31. The molecule has 0 bridgehead atoms. The van der Waals surface area contributed by atoms with Gasteiger partial charge in [0.2, 0.25) is 0 Å². The summed E-state index contributed by atoms with van der Waals surface area (Å²) in [6, 6.07) is 5.81. The molecule has 0 aliphatic carbocycles. The van der Waals surface area contributed by atoms with Crippen molar-refractivity contribution in [1.82, 2.24) is 10.2 Å². The van der Waals surface area contributed by atoms with Gasteiger partial charge in [-0.1, -0.05) is 24.6 Å². The van der Waals surface area contributed by atoms with Crippen molar-refractivity contribution >= 4 is 28.3 Å². The van der Waals surface area contributed by atoms with E-state index in [2.05, 4.69) is 32.7 Å². The van der Waals surface area contributed by atoms with E-state index in [1.807, 2.05) is 18.2 Å². The molecule has 1 aromatic carbocycles. The molecule has 2 nitrogen and oxygen atoms in total. The van der Waals surface area contributed by atoms with E-state index in [4.69, 9.17) is 0 Å². The first-order chi connectivity index (χ1) is 10.2. The number of unbranched alkanes of at least 4 members (excludes halogenated alkanes) is 2. The molecule has 22 heavy (non-hydrogen) atoms. The third-order valence-corrected chi connectivity index (χ3v) is 4.68. The van der Waals surface area contributed by atoms with Crippen molar-refractivity contribution in [1.29, 1.82) is 0 Å². The monoisotopic (exact) mass is 390 g/mol. The Labute approximate surface area is 147 Å². The van der Waals surface area contributed by atoms with Crippen LogP contribution < -0.4 is 5.32 Å². The molecule has 1 aliphatic rings. The number of hydrogen-bond donors (Lipinski definition) is 1. The Balaban J connectivity index is 0.00000242. The summed E-state index contributed by atoms with van der Waals surface area (Å²) in [5, 5.41) is 3.37. The lowest BCUT2D eigenvalue weighted by atomic mass is 9.97. The second-order valence-corrected chi connectivity index (χ2v) is 6.37. The van der Waals surface area contributed by atoms with Gasteiger partial charge < -0.3 is 5.32 Å². The standard InChI is InChI=1S/C17H24BrFN2.ClH/c1-2-3-4-5-9-16(21-12-10-20-11-13-21)14-7-6-8-15(18)17(14)19;/h2,6-8,16,20H,1,3-5,9-13H2;1H/t16-;/m0./s1. The topological polar surface area (TPSA) is 15.3 Å². The molecule has 2 rings (SSSR count). The van der Waals surface area contributed by atoms with Crippen LogP contribution in [0.2, 0.25) is 0 Å². The van der Waals surface area contributed by atoms with Crippen LogP contribution in [-0.2, 0) is 0 Å². The zero-order valence-electron chi connectivity index (χ0n) is 12.9. The molecule has 5 heteroatoms. The zero-order valence-corrected chi connectivity index (χ0v) is 15.3. The van der Waals surface area contributed by atoms with E-state index in [1.165, 1.54) is 0 Å². The predicted molar refractivity (Wildman–Crippen MR) is 97.2 cm³/mol. The Morgan fingerprint density at radius 3 is 2.73 bits per heavy atom. The van der Waals surface area contributed by atoms with Crippen molar-refractivity contribution in [2.45, 2.75) is 31.7 Å². The molecule has 0 radical (unpaired) electrons. The molecule has 124 valence electrons. The molecule has 1 N–H and O–H groups in total. The van der Waals surface area contributed by atoms with E-state index < -0.39 is 0 Å². The van der Waals surface area contributed by atoms with E-state index in [1.54, 1.807) is 6.07 Å². The first-order valence-electron chi connectivity index (χ1n) is 7.73. The molecule has 1 aromatic rings. The lowest BCUT2D eigenvalue weighted by Gasteiger charge is -2.35. The van der Waals surface area contributed by atoms with Gasteiger partial charge in [0.05, 0.1) is 4.47 Å². The normalized spacial score (nSPS) is 16.8. The van der Waals surface area contributed by atoms with Crippen LogP contribution in [0.15, 0.2) is 35.3 Å². The summed E-state index contributed by atoms with van der Waals surface area (Å²) in [6.07, 6.45) is 6.23. The summed E-state index contributed by atoms with van der Waals surface area (Å²) in [7, 11) is 0. The van der Waals surface area contributed by atoms with Gasteiger partial charge in [0.15, 0.2) is 0 Å². The van der Waals surface area contributed by atoms with E-state index in [-0.39, 0.29) is 24.3 Å². The number of benzene rings is 1. The molecule has 0 unspecified atom stereocenters. The highest BCUT2D eigenvalue weighted by Gasteiger charge is 2.24. The number of allylic oxidation sites excluding steroid dienone is 1. The van der Waals surface area contributed by atoms with Gasteiger partial charge >= 0.3 is 0 Å². The fourth-order valence-electron chi connectivity index (χ4n) is 2.93. The van der Waals surface area contributed by atoms with Gasteiger partial charge in [0.1, 0.15) is 5.82 Å². The average Bonchev–Trinajstić information content (AvgIpc) is 2.52. The lowest BCUT2D eigenvalue weighted by Crippen LogP contribution is -2.45. The molecule has 0 saturated carbocycles. The molecule has 1 heterocycles. The number of rotatable bonds is 7. The van der Waals surface area contributed by atoms with Crippen molar-refractivity contribution in [2.75, 3.05) is 26.2 Å². The van der Waals surface area contributed by atoms with E-state index in [9.17, 15) is 4.39 Å². The molecule has 1 fully saturated rings. The summed E-state index contributed by atoms with van der Waals surface area (Å²) >= 11 is 3.31. The van der Waals surface area contributed by atoms with Crippen molar-refractivity contribution in [3.8, 4) is 0 Å². The Morgan fingerprint density at radius 2 is 2.05 bits per heavy atom. The second-order valence-electron chi connectivity index (χ2n) is 5.52. The maximum atomic E-state index is 14.5. The van der Waals surface area contributed by atoms with Crippen LogP contribution in [0.3, 0.4) is 0 Å². The molecule has 0 amide bonds. The largest absolute Gasteiger partial charge is 0.314 e. The summed E-state index contributed by atoms with van der Waals surface area (Å²) in [4.78, 5) is 2.41. The summed E-state index contributed by atoms with van der Waals surface area (Å²) in [5.41, 5.74) is 0.824. The maximum absolute atomic E-state index is 14.5. The Morgan fingerprint density at radius 1 is 1.32 bits per heavy atom. The Bertz CT molecular complexity index is 464. The van der Waals surface area contributed by atoms with Gasteiger partial charge in [0, 0.05) is 37.8 Å². The maximum Gasteiger partial charge on any atom is 0.142 e. The van der Waals surface area contributed by atoms with Crippen molar-refractivity contribution in [3.05, 3.63) is 46.7 Å². The minimum absolute atomic E-state index is 0. The zero-order chi connectivity index (χ0) is 15.1. The minimum Gasteiger partial charge on any atom is -0.314 e. The number of piperazine rings is 1. The molecular weight excluding hydrogens is 367 g/mol. The number of nitrogens with one attached hydrogen (secondary N) is 1. The predicted octanol–water partition coefficient (Wildman–Crippen LogP) is 4.70. The van der Waals surface area contributed by atoms with Crippen molar-refractivity contribution in [3.63, 3.8) is 0 Å². The fourth-order valence-corrected chi connectivity index (χ4v) is 3.31. The highest BCUT2D eigenvalue weighted by atomic mass is 79.9. The van der Waals surface area contributed by atoms with Crippen LogP contribution in [0.1, 0.15) is 37.3 Å². The lowest BCUT2D eigenvalue weighted by molar-refractivity contribution is 0.159. The SMILES string of the molecule is C=CCCCC[C@@H](c1cccc(Br)c1F)N1CCNCC1.Cl. The van der Waals surface area contributed by atoms with E-state index in [0.717, 1.165) is 57.4 Å². The molecule has 1 atom stereocenters. The summed E-state index contributed by atoms with van der Waals surface area (Å²) in [6.45, 7) is 7.70. The first kappa shape index (κ1) is 19.6. The Kier molecular flexibility index (Phi) is 9.25. The van der Waals surface area contributed by atoms with E-state index >= 15 is 0 Å². The van der Waals surface area contributed by atoms with Crippen LogP contribution in [0, 0.1) is 5.82 Å². The smallest absolute Gasteiger partial charge is 0.142 e. The van der Waals surface area contributed by atoms with Gasteiger partial charge in [-0.3, -0.25) is 4.90 Å². The summed E-state index contributed by atoms with van der Waals surface area (Å²) < 4.78 is 15.0. The summed E-state index contributed by atoms with van der Waals surface area (Å²) in [5.74, 6) is -0.107. The average molecular weight is 392 g/mol. The fraction of sp³-hybridized carbons (Fsp3) is 0.529. The van der Waals surface area contributed by atoms with Crippen LogP contribution in [0.25, 0.3) is 0 Å². The van der Waals surface area contributed by atoms with Gasteiger partial charge in [-0.15, -0.1) is 19.0 Å². The molecule has 1 saturated heterocycles. The third-order valence-electron chi connectivity index (χ3n) is 4.07.